The van der Waals surface area contributed by atoms with E-state index in [2.05, 4.69) is 5.32 Å². The van der Waals surface area contributed by atoms with Gasteiger partial charge in [0.1, 0.15) is 17.9 Å². The summed E-state index contributed by atoms with van der Waals surface area (Å²) in [5, 5.41) is 3.37. The lowest BCUT2D eigenvalue weighted by molar-refractivity contribution is -0.114. The van der Waals surface area contributed by atoms with E-state index in [4.69, 9.17) is 9.15 Å². The molecule has 0 aliphatic rings. The van der Waals surface area contributed by atoms with Gasteiger partial charge in [-0.3, -0.25) is 9.59 Å². The lowest BCUT2D eigenvalue weighted by atomic mass is 10.1. The van der Waals surface area contributed by atoms with Crippen LogP contribution in [-0.4, -0.2) is 11.7 Å². The second-order valence-corrected chi connectivity index (χ2v) is 5.85. The summed E-state index contributed by atoms with van der Waals surface area (Å²) in [5.74, 6) is 0.365. The molecule has 0 fully saturated rings. The number of carbonyl (C=O) groups is 2. The molecule has 0 unspecified atom stereocenters. The molecule has 0 aliphatic carbocycles. The zero-order chi connectivity index (χ0) is 18.7. The molecule has 0 saturated heterocycles. The SMILES string of the molecule is CC(=O)Nc1ccc2c(COc3ccc(C(C)=O)cc3)cc(=O)oc2c1. The first kappa shape index (κ1) is 17.4. The predicted molar refractivity (Wildman–Crippen MR) is 97.6 cm³/mol. The van der Waals surface area contributed by atoms with Crippen molar-refractivity contribution in [1.82, 2.24) is 0 Å². The van der Waals surface area contributed by atoms with Crippen LogP contribution in [0.3, 0.4) is 0 Å². The normalized spacial score (nSPS) is 10.5. The topological polar surface area (TPSA) is 85.6 Å². The Hall–Kier alpha value is -3.41. The van der Waals surface area contributed by atoms with Crippen molar-refractivity contribution in [3.63, 3.8) is 0 Å². The molecule has 2 aromatic carbocycles. The van der Waals surface area contributed by atoms with Gasteiger partial charge in [0.2, 0.25) is 5.91 Å². The molecule has 132 valence electrons. The van der Waals surface area contributed by atoms with Gasteiger partial charge in [0.25, 0.3) is 0 Å². The molecule has 0 radical (unpaired) electrons. The predicted octanol–water partition coefficient (Wildman–Crippen LogP) is 3.53. The summed E-state index contributed by atoms with van der Waals surface area (Å²) >= 11 is 0. The first-order valence-electron chi connectivity index (χ1n) is 8.00. The van der Waals surface area contributed by atoms with Gasteiger partial charge >= 0.3 is 5.63 Å². The van der Waals surface area contributed by atoms with Crippen LogP contribution in [0.1, 0.15) is 29.8 Å². The molecule has 0 bridgehead atoms. The van der Waals surface area contributed by atoms with Crippen LogP contribution < -0.4 is 15.7 Å². The Labute approximate surface area is 149 Å². The molecule has 0 spiro atoms. The number of nitrogens with one attached hydrogen (secondary N) is 1. The van der Waals surface area contributed by atoms with Crippen molar-refractivity contribution in [2.75, 3.05) is 5.32 Å². The fraction of sp³-hybridized carbons (Fsp3) is 0.150. The molecule has 1 N–H and O–H groups in total. The number of ketones is 1. The van der Waals surface area contributed by atoms with Crippen LogP contribution in [0.15, 0.2) is 57.7 Å². The van der Waals surface area contributed by atoms with Crippen molar-refractivity contribution in [1.29, 1.82) is 0 Å². The monoisotopic (exact) mass is 351 g/mol. The van der Waals surface area contributed by atoms with E-state index in [1.807, 2.05) is 0 Å². The lowest BCUT2D eigenvalue weighted by Gasteiger charge is -2.10. The van der Waals surface area contributed by atoms with E-state index in [-0.39, 0.29) is 18.3 Å². The summed E-state index contributed by atoms with van der Waals surface area (Å²) < 4.78 is 10.9. The molecule has 1 heterocycles. The number of Topliss-reactive ketones (excluding diaryl/α,β-unsaturated/α-hetero) is 1. The molecule has 0 atom stereocenters. The highest BCUT2D eigenvalue weighted by Crippen LogP contribution is 2.23. The van der Waals surface area contributed by atoms with Gasteiger partial charge < -0.3 is 14.5 Å². The standard InChI is InChI=1S/C20H17NO5/c1-12(22)14-3-6-17(7-4-14)25-11-15-9-20(24)26-19-10-16(21-13(2)23)5-8-18(15)19/h3-10H,11H2,1-2H3,(H,21,23). The molecule has 1 aromatic heterocycles. The third-order valence-electron chi connectivity index (χ3n) is 3.81. The van der Waals surface area contributed by atoms with Crippen molar-refractivity contribution in [3.8, 4) is 5.75 Å². The van der Waals surface area contributed by atoms with Crippen molar-refractivity contribution < 1.29 is 18.7 Å². The van der Waals surface area contributed by atoms with Gasteiger partial charge in [0, 0.05) is 41.3 Å². The van der Waals surface area contributed by atoms with Gasteiger partial charge in [0.15, 0.2) is 5.78 Å². The number of anilines is 1. The Morgan fingerprint density at radius 1 is 1.04 bits per heavy atom. The molecular weight excluding hydrogens is 334 g/mol. The number of ether oxygens (including phenoxy) is 1. The fourth-order valence-corrected chi connectivity index (χ4v) is 2.58. The summed E-state index contributed by atoms with van der Waals surface area (Å²) in [5.41, 5.74) is 1.69. The van der Waals surface area contributed by atoms with Crippen molar-refractivity contribution >= 4 is 28.3 Å². The summed E-state index contributed by atoms with van der Waals surface area (Å²) in [7, 11) is 0. The third-order valence-corrected chi connectivity index (χ3v) is 3.81. The smallest absolute Gasteiger partial charge is 0.336 e. The zero-order valence-corrected chi connectivity index (χ0v) is 14.4. The molecule has 3 rings (SSSR count). The van der Waals surface area contributed by atoms with Gasteiger partial charge in [-0.05, 0) is 43.3 Å². The molecule has 0 aliphatic heterocycles. The van der Waals surface area contributed by atoms with E-state index in [0.29, 0.717) is 28.1 Å². The molecule has 3 aromatic rings. The third kappa shape index (κ3) is 3.97. The number of fused-ring (bicyclic) bond motifs is 1. The Morgan fingerprint density at radius 2 is 1.77 bits per heavy atom. The first-order chi connectivity index (χ1) is 12.4. The van der Waals surface area contributed by atoms with Gasteiger partial charge in [-0.25, -0.2) is 4.79 Å². The summed E-state index contributed by atoms with van der Waals surface area (Å²) in [6.45, 7) is 3.07. The first-order valence-corrected chi connectivity index (χ1v) is 8.00. The van der Waals surface area contributed by atoms with Crippen molar-refractivity contribution in [2.45, 2.75) is 20.5 Å². The minimum Gasteiger partial charge on any atom is -0.489 e. The lowest BCUT2D eigenvalue weighted by Crippen LogP contribution is -2.07. The van der Waals surface area contributed by atoms with Gasteiger partial charge in [0.05, 0.1) is 0 Å². The second kappa shape index (κ2) is 7.23. The minimum atomic E-state index is -0.497. The van der Waals surface area contributed by atoms with Gasteiger partial charge in [-0.1, -0.05) is 0 Å². The average molecular weight is 351 g/mol. The molecule has 0 saturated carbocycles. The van der Waals surface area contributed by atoms with E-state index in [1.165, 1.54) is 19.9 Å². The number of amides is 1. The number of hydrogen-bond acceptors (Lipinski definition) is 5. The number of benzene rings is 2. The van der Waals surface area contributed by atoms with E-state index < -0.39 is 5.63 Å². The van der Waals surface area contributed by atoms with Crippen LogP contribution in [0.4, 0.5) is 5.69 Å². The Balaban J connectivity index is 1.86. The number of rotatable bonds is 5. The number of hydrogen-bond donors (Lipinski definition) is 1. The van der Waals surface area contributed by atoms with Gasteiger partial charge in [-0.2, -0.15) is 0 Å². The Kier molecular flexibility index (Phi) is 4.84. The van der Waals surface area contributed by atoms with Gasteiger partial charge in [-0.15, -0.1) is 0 Å². The molecule has 6 heteroatoms. The van der Waals surface area contributed by atoms with E-state index in [0.717, 1.165) is 5.39 Å². The molecule has 6 nitrogen and oxygen atoms in total. The van der Waals surface area contributed by atoms with Crippen LogP contribution in [0, 0.1) is 0 Å². The van der Waals surface area contributed by atoms with E-state index in [1.54, 1.807) is 42.5 Å². The summed E-state index contributed by atoms with van der Waals surface area (Å²) in [6.07, 6.45) is 0. The largest absolute Gasteiger partial charge is 0.489 e. The summed E-state index contributed by atoms with van der Waals surface area (Å²) in [6, 6.07) is 13.3. The number of carbonyl (C=O) groups excluding carboxylic acids is 2. The highest BCUT2D eigenvalue weighted by molar-refractivity contribution is 5.94. The van der Waals surface area contributed by atoms with Crippen molar-refractivity contribution in [3.05, 3.63) is 70.1 Å². The van der Waals surface area contributed by atoms with Crippen LogP contribution >= 0.6 is 0 Å². The van der Waals surface area contributed by atoms with Crippen LogP contribution in [0.2, 0.25) is 0 Å². The maximum absolute atomic E-state index is 11.8. The zero-order valence-electron chi connectivity index (χ0n) is 14.4. The molecule has 26 heavy (non-hydrogen) atoms. The highest BCUT2D eigenvalue weighted by atomic mass is 16.5. The maximum Gasteiger partial charge on any atom is 0.336 e. The fourth-order valence-electron chi connectivity index (χ4n) is 2.58. The minimum absolute atomic E-state index is 0.0156. The van der Waals surface area contributed by atoms with E-state index in [9.17, 15) is 14.4 Å². The highest BCUT2D eigenvalue weighted by Gasteiger charge is 2.08. The summed E-state index contributed by atoms with van der Waals surface area (Å²) in [4.78, 5) is 34.3. The molecular formula is C20H17NO5. The maximum atomic E-state index is 11.8. The average Bonchev–Trinajstić information content (AvgIpc) is 2.59. The Bertz CT molecular complexity index is 1030. The van der Waals surface area contributed by atoms with Crippen molar-refractivity contribution in [2.24, 2.45) is 0 Å². The second-order valence-electron chi connectivity index (χ2n) is 5.85. The van der Waals surface area contributed by atoms with Crippen LogP contribution in [0.5, 0.6) is 5.75 Å². The quantitative estimate of drug-likeness (QED) is 0.561. The van der Waals surface area contributed by atoms with Crippen LogP contribution in [0.25, 0.3) is 11.0 Å². The Morgan fingerprint density at radius 3 is 2.42 bits per heavy atom. The van der Waals surface area contributed by atoms with E-state index >= 15 is 0 Å². The van der Waals surface area contributed by atoms with Crippen LogP contribution in [-0.2, 0) is 11.4 Å². The molecule has 1 amide bonds.